The smallest absolute Gasteiger partial charge is 0.226 e. The fraction of sp³-hybridized carbons (Fsp3) is 0.938. The zero-order valence-electron chi connectivity index (χ0n) is 12.4. The molecule has 4 fully saturated rings. The molecular weight excluding hydrogens is 236 g/mol. The molecule has 3 N–H and O–H groups in total. The number of hydrogen-bond donors (Lipinski definition) is 2. The highest BCUT2D eigenvalue weighted by Crippen LogP contribution is 2.65. The molecule has 4 bridgehead atoms. The second kappa shape index (κ2) is 4.47. The van der Waals surface area contributed by atoms with E-state index < -0.39 is 0 Å². The number of rotatable bonds is 4. The van der Waals surface area contributed by atoms with Crippen LogP contribution in [-0.2, 0) is 4.79 Å². The molecule has 4 rings (SSSR count). The van der Waals surface area contributed by atoms with Gasteiger partial charge in [-0.15, -0.1) is 0 Å². The van der Waals surface area contributed by atoms with Crippen molar-refractivity contribution in [3.8, 4) is 0 Å². The minimum atomic E-state index is -0.238. The maximum absolute atomic E-state index is 12.6. The molecule has 4 aliphatic rings. The first-order chi connectivity index (χ1) is 8.97. The summed E-state index contributed by atoms with van der Waals surface area (Å²) in [5, 5.41) is 3.03. The van der Waals surface area contributed by atoms with E-state index in [1.807, 2.05) is 0 Å². The van der Waals surface area contributed by atoms with Crippen molar-refractivity contribution in [2.75, 3.05) is 13.1 Å². The molecule has 0 radical (unpaired) electrons. The average molecular weight is 264 g/mol. The van der Waals surface area contributed by atoms with Crippen molar-refractivity contribution < 1.29 is 4.79 Å². The Morgan fingerprint density at radius 2 is 1.63 bits per heavy atom. The van der Waals surface area contributed by atoms with E-state index >= 15 is 0 Å². The summed E-state index contributed by atoms with van der Waals surface area (Å²) in [6.45, 7) is 5.48. The monoisotopic (exact) mass is 264 g/mol. The normalized spacial score (nSPS) is 40.5. The molecule has 19 heavy (non-hydrogen) atoms. The van der Waals surface area contributed by atoms with Gasteiger partial charge < -0.3 is 11.1 Å². The summed E-state index contributed by atoms with van der Waals surface area (Å²) in [6, 6.07) is 0. The topological polar surface area (TPSA) is 55.1 Å². The van der Waals surface area contributed by atoms with E-state index in [4.69, 9.17) is 5.73 Å². The zero-order valence-corrected chi connectivity index (χ0v) is 12.4. The molecule has 0 heterocycles. The molecule has 0 aromatic heterocycles. The first-order valence-electron chi connectivity index (χ1n) is 7.95. The van der Waals surface area contributed by atoms with E-state index in [2.05, 4.69) is 19.2 Å². The fourth-order valence-electron chi connectivity index (χ4n) is 5.52. The van der Waals surface area contributed by atoms with Gasteiger partial charge in [0.25, 0.3) is 0 Å². The zero-order chi connectivity index (χ0) is 13.7. The van der Waals surface area contributed by atoms with Gasteiger partial charge in [-0.3, -0.25) is 4.79 Å². The van der Waals surface area contributed by atoms with Crippen LogP contribution in [0.25, 0.3) is 0 Å². The summed E-state index contributed by atoms with van der Waals surface area (Å²) < 4.78 is 0. The fourth-order valence-corrected chi connectivity index (χ4v) is 5.52. The molecule has 4 aliphatic carbocycles. The number of carbonyl (C=O) groups excluding carboxylic acids is 1. The number of nitrogens with two attached hydrogens (primary N) is 1. The predicted octanol–water partition coefficient (Wildman–Crippen LogP) is 2.30. The average Bonchev–Trinajstić information content (AvgIpc) is 2.34. The summed E-state index contributed by atoms with van der Waals surface area (Å²) >= 11 is 0. The van der Waals surface area contributed by atoms with Gasteiger partial charge in [0.2, 0.25) is 5.91 Å². The van der Waals surface area contributed by atoms with Gasteiger partial charge in [-0.1, -0.05) is 13.8 Å². The number of hydrogen-bond acceptors (Lipinski definition) is 2. The maximum Gasteiger partial charge on any atom is 0.226 e. The highest BCUT2D eigenvalue weighted by molar-refractivity contribution is 5.82. The van der Waals surface area contributed by atoms with Crippen LogP contribution in [0.15, 0.2) is 0 Å². The molecule has 0 unspecified atom stereocenters. The molecule has 4 saturated carbocycles. The van der Waals surface area contributed by atoms with Crippen LogP contribution in [0, 0.1) is 28.6 Å². The summed E-state index contributed by atoms with van der Waals surface area (Å²) in [6.07, 6.45) is 8.13. The van der Waals surface area contributed by atoms with Gasteiger partial charge >= 0.3 is 0 Å². The van der Waals surface area contributed by atoms with E-state index in [1.165, 1.54) is 38.5 Å². The third kappa shape index (κ3) is 2.01. The minimum absolute atomic E-state index is 0.222. The van der Waals surface area contributed by atoms with Crippen LogP contribution in [0.2, 0.25) is 0 Å². The second-order valence-electron chi connectivity index (χ2n) is 7.87. The summed E-state index contributed by atoms with van der Waals surface area (Å²) in [5.74, 6) is 2.91. The van der Waals surface area contributed by atoms with Gasteiger partial charge in [-0.05, 0) is 61.7 Å². The lowest BCUT2D eigenvalue weighted by molar-refractivity contribution is -0.156. The predicted molar refractivity (Wildman–Crippen MR) is 76.5 cm³/mol. The molecule has 3 nitrogen and oxygen atoms in total. The number of nitrogens with one attached hydrogen (secondary N) is 1. The maximum atomic E-state index is 12.6. The van der Waals surface area contributed by atoms with Gasteiger partial charge in [0, 0.05) is 18.5 Å². The summed E-state index contributed by atoms with van der Waals surface area (Å²) in [5.41, 5.74) is 5.54. The lowest BCUT2D eigenvalue weighted by atomic mass is 9.43. The Hall–Kier alpha value is -0.570. The molecule has 1 amide bonds. The van der Waals surface area contributed by atoms with Gasteiger partial charge in [-0.2, -0.15) is 0 Å². The number of amides is 1. The Bertz CT molecular complexity index is 340. The van der Waals surface area contributed by atoms with Crippen molar-refractivity contribution in [1.29, 1.82) is 0 Å². The van der Waals surface area contributed by atoms with Crippen LogP contribution in [0.4, 0.5) is 0 Å². The van der Waals surface area contributed by atoms with Gasteiger partial charge in [0.15, 0.2) is 0 Å². The van der Waals surface area contributed by atoms with E-state index in [1.54, 1.807) is 0 Å². The van der Waals surface area contributed by atoms with E-state index in [0.717, 1.165) is 17.8 Å². The van der Waals surface area contributed by atoms with Gasteiger partial charge in [0.05, 0.1) is 0 Å². The summed E-state index contributed by atoms with van der Waals surface area (Å²) in [7, 11) is 0. The van der Waals surface area contributed by atoms with Crippen LogP contribution < -0.4 is 11.1 Å². The molecule has 0 aromatic rings. The van der Waals surface area contributed by atoms with E-state index in [9.17, 15) is 4.79 Å². The van der Waals surface area contributed by atoms with Gasteiger partial charge in [0.1, 0.15) is 0 Å². The molecule has 0 atom stereocenters. The standard InChI is InChI=1S/C16H28N2O/c1-15(2,14(19)18-4-3-17)16-8-11-5-12(9-16)7-13(6-11)10-16/h11-13H,3-10,17H2,1-2H3,(H,18,19). The van der Waals surface area contributed by atoms with Crippen molar-refractivity contribution in [2.24, 2.45) is 34.3 Å². The SMILES string of the molecule is CC(C)(C(=O)NCCN)C12CC3CC(CC(C3)C1)C2. The lowest BCUT2D eigenvalue weighted by Gasteiger charge is -2.61. The van der Waals surface area contributed by atoms with Crippen molar-refractivity contribution in [1.82, 2.24) is 5.32 Å². The Morgan fingerprint density at radius 1 is 1.16 bits per heavy atom. The van der Waals surface area contributed by atoms with Crippen molar-refractivity contribution in [3.05, 3.63) is 0 Å². The highest BCUT2D eigenvalue weighted by Gasteiger charge is 2.59. The van der Waals surface area contributed by atoms with Crippen molar-refractivity contribution >= 4 is 5.91 Å². The first-order valence-corrected chi connectivity index (χ1v) is 7.95. The molecule has 0 aliphatic heterocycles. The van der Waals surface area contributed by atoms with E-state index in [-0.39, 0.29) is 16.7 Å². The molecule has 0 saturated heterocycles. The van der Waals surface area contributed by atoms with Gasteiger partial charge in [-0.25, -0.2) is 0 Å². The van der Waals surface area contributed by atoms with Crippen molar-refractivity contribution in [2.45, 2.75) is 52.4 Å². The molecular formula is C16H28N2O. The van der Waals surface area contributed by atoms with Crippen molar-refractivity contribution in [3.63, 3.8) is 0 Å². The Morgan fingerprint density at radius 3 is 2.05 bits per heavy atom. The number of carbonyl (C=O) groups is 1. The lowest BCUT2D eigenvalue weighted by Crippen LogP contribution is -2.57. The van der Waals surface area contributed by atoms with Crippen LogP contribution in [0.3, 0.4) is 0 Å². The summed E-state index contributed by atoms with van der Waals surface area (Å²) in [4.78, 5) is 12.6. The minimum Gasteiger partial charge on any atom is -0.354 e. The second-order valence-corrected chi connectivity index (χ2v) is 7.87. The first kappa shape index (κ1) is 13.4. The third-order valence-corrected chi connectivity index (χ3v) is 6.36. The largest absolute Gasteiger partial charge is 0.354 e. The Balaban J connectivity index is 1.81. The Labute approximate surface area is 116 Å². The molecule has 0 aromatic carbocycles. The highest BCUT2D eigenvalue weighted by atomic mass is 16.2. The molecule has 108 valence electrons. The van der Waals surface area contributed by atoms with Crippen LogP contribution in [-0.4, -0.2) is 19.0 Å². The van der Waals surface area contributed by atoms with Crippen LogP contribution in [0.1, 0.15) is 52.4 Å². The third-order valence-electron chi connectivity index (χ3n) is 6.36. The Kier molecular flexibility index (Phi) is 3.16. The molecule has 3 heteroatoms. The van der Waals surface area contributed by atoms with Crippen LogP contribution in [0.5, 0.6) is 0 Å². The van der Waals surface area contributed by atoms with Crippen LogP contribution >= 0.6 is 0 Å². The molecule has 0 spiro atoms. The van der Waals surface area contributed by atoms with E-state index in [0.29, 0.717) is 13.1 Å². The quantitative estimate of drug-likeness (QED) is 0.818.